The SMILES string of the molecule is Cl.Cn1c(=O)ccc2ncc(F)c(OC[C@H]3CC[C@H](N)CC3)c21. The fourth-order valence-corrected chi connectivity index (χ4v) is 2.99. The lowest BCUT2D eigenvalue weighted by molar-refractivity contribution is 0.196. The Bertz CT molecular complexity index is 742. The van der Waals surface area contributed by atoms with Crippen molar-refractivity contribution < 1.29 is 9.13 Å². The number of fused-ring (bicyclic) bond motifs is 1. The van der Waals surface area contributed by atoms with Crippen molar-refractivity contribution in [2.45, 2.75) is 31.7 Å². The van der Waals surface area contributed by atoms with Gasteiger partial charge in [0.2, 0.25) is 0 Å². The fraction of sp³-hybridized carbons (Fsp3) is 0.500. The molecule has 0 amide bonds. The van der Waals surface area contributed by atoms with Crippen LogP contribution < -0.4 is 16.0 Å². The van der Waals surface area contributed by atoms with Crippen molar-refractivity contribution in [2.75, 3.05) is 6.61 Å². The Morgan fingerprint density at radius 3 is 2.74 bits per heavy atom. The molecule has 0 aliphatic heterocycles. The molecule has 23 heavy (non-hydrogen) atoms. The van der Waals surface area contributed by atoms with E-state index in [-0.39, 0.29) is 29.8 Å². The standard InChI is InChI=1S/C16H20FN3O2.ClH/c1-20-14(21)7-6-13-15(20)16(12(17)8-19-13)22-9-10-2-4-11(18)5-3-10;/h6-8,10-11H,2-5,9,18H2,1H3;1H/t10-,11-;. The summed E-state index contributed by atoms with van der Waals surface area (Å²) in [7, 11) is 1.60. The lowest BCUT2D eigenvalue weighted by Crippen LogP contribution is -2.29. The van der Waals surface area contributed by atoms with Gasteiger partial charge in [-0.15, -0.1) is 12.4 Å². The van der Waals surface area contributed by atoms with Crippen LogP contribution in [0.2, 0.25) is 0 Å². The van der Waals surface area contributed by atoms with Crippen LogP contribution in [0.4, 0.5) is 4.39 Å². The number of rotatable bonds is 3. The van der Waals surface area contributed by atoms with Gasteiger partial charge in [-0.3, -0.25) is 9.78 Å². The van der Waals surface area contributed by atoms with Crippen molar-refractivity contribution in [1.82, 2.24) is 9.55 Å². The summed E-state index contributed by atoms with van der Waals surface area (Å²) in [5.41, 5.74) is 6.63. The van der Waals surface area contributed by atoms with E-state index in [0.29, 0.717) is 23.6 Å². The van der Waals surface area contributed by atoms with Crippen LogP contribution in [0.3, 0.4) is 0 Å². The number of nitrogens with two attached hydrogens (primary N) is 1. The van der Waals surface area contributed by atoms with E-state index >= 15 is 0 Å². The Kier molecular flexibility index (Phi) is 5.59. The van der Waals surface area contributed by atoms with E-state index in [4.69, 9.17) is 10.5 Å². The third-order valence-corrected chi connectivity index (χ3v) is 4.40. The topological polar surface area (TPSA) is 70.1 Å². The average Bonchev–Trinajstić information content (AvgIpc) is 2.52. The zero-order valence-electron chi connectivity index (χ0n) is 13.0. The second kappa shape index (κ2) is 7.27. The van der Waals surface area contributed by atoms with Crippen LogP contribution in [0.5, 0.6) is 5.75 Å². The third kappa shape index (κ3) is 3.64. The van der Waals surface area contributed by atoms with Gasteiger partial charge in [-0.25, -0.2) is 4.39 Å². The molecule has 0 bridgehead atoms. The summed E-state index contributed by atoms with van der Waals surface area (Å²) in [6.07, 6.45) is 5.08. The smallest absolute Gasteiger partial charge is 0.250 e. The first-order valence-corrected chi connectivity index (χ1v) is 7.59. The Balaban J connectivity index is 0.00000192. The minimum absolute atomic E-state index is 0. The summed E-state index contributed by atoms with van der Waals surface area (Å²) in [5, 5.41) is 0. The Morgan fingerprint density at radius 2 is 2.04 bits per heavy atom. The van der Waals surface area contributed by atoms with Gasteiger partial charge in [0.15, 0.2) is 11.6 Å². The highest BCUT2D eigenvalue weighted by Crippen LogP contribution is 2.29. The zero-order valence-corrected chi connectivity index (χ0v) is 13.8. The number of aryl methyl sites for hydroxylation is 1. The number of nitrogens with zero attached hydrogens (tertiary/aromatic N) is 2. The summed E-state index contributed by atoms with van der Waals surface area (Å²) >= 11 is 0. The zero-order chi connectivity index (χ0) is 15.7. The van der Waals surface area contributed by atoms with Gasteiger partial charge in [-0.1, -0.05) is 0 Å². The number of pyridine rings is 2. The van der Waals surface area contributed by atoms with Crippen LogP contribution in [-0.4, -0.2) is 22.2 Å². The summed E-state index contributed by atoms with van der Waals surface area (Å²) in [6.45, 7) is 0.436. The lowest BCUT2D eigenvalue weighted by atomic mass is 9.87. The first-order chi connectivity index (χ1) is 10.6. The van der Waals surface area contributed by atoms with Crippen molar-refractivity contribution in [3.8, 4) is 5.75 Å². The molecule has 0 spiro atoms. The van der Waals surface area contributed by atoms with Crippen LogP contribution in [0.25, 0.3) is 11.0 Å². The lowest BCUT2D eigenvalue weighted by Gasteiger charge is -2.26. The number of hydrogen-bond acceptors (Lipinski definition) is 4. The molecule has 0 radical (unpaired) electrons. The van der Waals surface area contributed by atoms with E-state index < -0.39 is 5.82 Å². The molecule has 7 heteroatoms. The highest BCUT2D eigenvalue weighted by atomic mass is 35.5. The van der Waals surface area contributed by atoms with Crippen molar-refractivity contribution in [2.24, 2.45) is 18.7 Å². The molecule has 0 unspecified atom stereocenters. The summed E-state index contributed by atoms with van der Waals surface area (Å²) in [4.78, 5) is 15.8. The van der Waals surface area contributed by atoms with Gasteiger partial charge in [0.05, 0.1) is 18.3 Å². The molecule has 0 saturated heterocycles. The van der Waals surface area contributed by atoms with Gasteiger partial charge in [0, 0.05) is 19.2 Å². The molecule has 1 saturated carbocycles. The summed E-state index contributed by atoms with van der Waals surface area (Å²) < 4.78 is 21.2. The van der Waals surface area contributed by atoms with Crippen LogP contribution in [0.1, 0.15) is 25.7 Å². The molecular formula is C16H21ClFN3O2. The van der Waals surface area contributed by atoms with Crippen molar-refractivity contribution >= 4 is 23.4 Å². The van der Waals surface area contributed by atoms with Crippen LogP contribution in [-0.2, 0) is 7.05 Å². The highest BCUT2D eigenvalue weighted by molar-refractivity contribution is 5.85. The molecule has 1 fully saturated rings. The maximum absolute atomic E-state index is 14.1. The Hall–Kier alpha value is -1.66. The normalized spacial score (nSPS) is 21.0. The van der Waals surface area contributed by atoms with Crippen LogP contribution >= 0.6 is 12.4 Å². The molecule has 3 rings (SSSR count). The molecule has 2 heterocycles. The van der Waals surface area contributed by atoms with E-state index in [9.17, 15) is 9.18 Å². The third-order valence-electron chi connectivity index (χ3n) is 4.40. The van der Waals surface area contributed by atoms with E-state index in [1.165, 1.54) is 10.6 Å². The van der Waals surface area contributed by atoms with Gasteiger partial charge in [-0.2, -0.15) is 0 Å². The second-order valence-corrected chi connectivity index (χ2v) is 5.99. The van der Waals surface area contributed by atoms with Gasteiger partial charge >= 0.3 is 0 Å². The van der Waals surface area contributed by atoms with E-state index in [0.717, 1.165) is 31.9 Å². The summed E-state index contributed by atoms with van der Waals surface area (Å²) in [5.74, 6) is -0.0514. The van der Waals surface area contributed by atoms with Gasteiger partial charge in [-0.05, 0) is 37.7 Å². The fourth-order valence-electron chi connectivity index (χ4n) is 2.99. The minimum atomic E-state index is -0.541. The number of ether oxygens (including phenoxy) is 1. The van der Waals surface area contributed by atoms with Crippen molar-refractivity contribution in [3.05, 3.63) is 34.5 Å². The number of hydrogen-bond donors (Lipinski definition) is 1. The van der Waals surface area contributed by atoms with E-state index in [2.05, 4.69) is 4.98 Å². The second-order valence-electron chi connectivity index (χ2n) is 5.99. The van der Waals surface area contributed by atoms with Crippen molar-refractivity contribution in [3.63, 3.8) is 0 Å². The molecular weight excluding hydrogens is 321 g/mol. The van der Waals surface area contributed by atoms with Gasteiger partial charge in [0.25, 0.3) is 5.56 Å². The largest absolute Gasteiger partial charge is 0.488 e. The highest BCUT2D eigenvalue weighted by Gasteiger charge is 2.21. The quantitative estimate of drug-likeness (QED) is 0.930. The van der Waals surface area contributed by atoms with Crippen LogP contribution in [0, 0.1) is 11.7 Å². The molecule has 2 aromatic heterocycles. The van der Waals surface area contributed by atoms with E-state index in [1.54, 1.807) is 13.1 Å². The summed E-state index contributed by atoms with van der Waals surface area (Å²) in [6, 6.07) is 3.28. The monoisotopic (exact) mass is 341 g/mol. The molecule has 2 aromatic rings. The Morgan fingerprint density at radius 1 is 1.35 bits per heavy atom. The number of halogens is 2. The van der Waals surface area contributed by atoms with Crippen molar-refractivity contribution in [1.29, 1.82) is 0 Å². The maximum Gasteiger partial charge on any atom is 0.250 e. The first-order valence-electron chi connectivity index (χ1n) is 7.59. The predicted molar refractivity (Wildman–Crippen MR) is 89.6 cm³/mol. The molecule has 0 atom stereocenters. The predicted octanol–water partition coefficient (Wildman–Crippen LogP) is 2.39. The van der Waals surface area contributed by atoms with Gasteiger partial charge < -0.3 is 15.0 Å². The molecule has 126 valence electrons. The average molecular weight is 342 g/mol. The maximum atomic E-state index is 14.1. The molecule has 2 N–H and O–H groups in total. The Labute approximate surface area is 140 Å². The molecule has 5 nitrogen and oxygen atoms in total. The molecule has 1 aliphatic rings. The first kappa shape index (κ1) is 17.7. The van der Waals surface area contributed by atoms with Gasteiger partial charge in [0.1, 0.15) is 5.52 Å². The number of aromatic nitrogens is 2. The molecule has 1 aliphatic carbocycles. The minimum Gasteiger partial charge on any atom is -0.488 e. The molecule has 0 aromatic carbocycles. The van der Waals surface area contributed by atoms with Crippen LogP contribution in [0.15, 0.2) is 23.1 Å². The van der Waals surface area contributed by atoms with E-state index in [1.807, 2.05) is 0 Å².